The molecule has 0 unspecified atom stereocenters. The molecule has 2 saturated heterocycles. The van der Waals surface area contributed by atoms with E-state index >= 15 is 0 Å². The van der Waals surface area contributed by atoms with E-state index in [1.54, 1.807) is 13.0 Å². The van der Waals surface area contributed by atoms with Crippen molar-refractivity contribution < 1.29 is 14.1 Å². The standard InChI is InChI=1S/C16H24N4O3S.ClH/c1-12-8-13(19-23-12)18-14(21)9-24-10-15(22)20-6-3-16(4-7-20)2-5-17-11-16;/h8,17H,2-7,9-11H2,1H3,(H,18,19,21);1H. The van der Waals surface area contributed by atoms with Gasteiger partial charge < -0.3 is 20.1 Å². The van der Waals surface area contributed by atoms with Gasteiger partial charge in [-0.2, -0.15) is 0 Å². The molecule has 0 aromatic carbocycles. The van der Waals surface area contributed by atoms with Crippen molar-refractivity contribution in [2.45, 2.75) is 26.2 Å². The first-order valence-corrected chi connectivity index (χ1v) is 9.51. The van der Waals surface area contributed by atoms with Crippen LogP contribution >= 0.6 is 24.2 Å². The minimum Gasteiger partial charge on any atom is -0.360 e. The molecular weight excluding hydrogens is 364 g/mol. The lowest BCUT2D eigenvalue weighted by atomic mass is 9.78. The van der Waals surface area contributed by atoms with Crippen molar-refractivity contribution in [2.24, 2.45) is 5.41 Å². The Kier molecular flexibility index (Phi) is 7.15. The van der Waals surface area contributed by atoms with Gasteiger partial charge in [-0.3, -0.25) is 9.59 Å². The molecule has 1 spiro atoms. The van der Waals surface area contributed by atoms with Crippen molar-refractivity contribution >= 4 is 41.8 Å². The van der Waals surface area contributed by atoms with Gasteiger partial charge in [0.05, 0.1) is 11.5 Å². The second-order valence-corrected chi connectivity index (χ2v) is 7.66. The first kappa shape index (κ1) is 20.1. The predicted molar refractivity (Wildman–Crippen MR) is 100 cm³/mol. The Morgan fingerprint density at radius 2 is 2.12 bits per heavy atom. The number of carbonyl (C=O) groups excluding carboxylic acids is 2. The van der Waals surface area contributed by atoms with Gasteiger partial charge in [-0.25, -0.2) is 0 Å². The van der Waals surface area contributed by atoms with Gasteiger partial charge in [-0.05, 0) is 38.1 Å². The monoisotopic (exact) mass is 388 g/mol. The highest BCUT2D eigenvalue weighted by Gasteiger charge is 2.37. The van der Waals surface area contributed by atoms with E-state index in [4.69, 9.17) is 4.52 Å². The molecule has 2 fully saturated rings. The van der Waals surface area contributed by atoms with E-state index in [0.717, 1.165) is 39.0 Å². The zero-order valence-corrected chi connectivity index (χ0v) is 16.0. The summed E-state index contributed by atoms with van der Waals surface area (Å²) in [6, 6.07) is 1.66. The van der Waals surface area contributed by atoms with Gasteiger partial charge in [0.25, 0.3) is 0 Å². The van der Waals surface area contributed by atoms with Gasteiger partial charge in [0.2, 0.25) is 11.8 Å². The number of nitrogens with one attached hydrogen (secondary N) is 2. The molecule has 0 radical (unpaired) electrons. The highest BCUT2D eigenvalue weighted by Crippen LogP contribution is 2.36. The Morgan fingerprint density at radius 3 is 2.72 bits per heavy atom. The summed E-state index contributed by atoms with van der Waals surface area (Å²) in [5.41, 5.74) is 0.416. The number of carbonyl (C=O) groups is 2. The van der Waals surface area contributed by atoms with Crippen LogP contribution in [0.15, 0.2) is 10.6 Å². The summed E-state index contributed by atoms with van der Waals surface area (Å²) < 4.78 is 4.89. The van der Waals surface area contributed by atoms with Gasteiger partial charge in [0.1, 0.15) is 5.76 Å². The average Bonchev–Trinajstić information content (AvgIpc) is 3.17. The van der Waals surface area contributed by atoms with Crippen LogP contribution in [-0.4, -0.2) is 59.6 Å². The summed E-state index contributed by atoms with van der Waals surface area (Å²) >= 11 is 1.34. The van der Waals surface area contributed by atoms with Crippen LogP contribution < -0.4 is 10.6 Å². The summed E-state index contributed by atoms with van der Waals surface area (Å²) in [4.78, 5) is 26.0. The highest BCUT2D eigenvalue weighted by molar-refractivity contribution is 8.00. The molecular formula is C16H25ClN4O3S. The number of hydrogen-bond acceptors (Lipinski definition) is 6. The second-order valence-electron chi connectivity index (χ2n) is 6.67. The maximum absolute atomic E-state index is 12.3. The molecule has 0 bridgehead atoms. The van der Waals surface area contributed by atoms with E-state index in [9.17, 15) is 9.59 Å². The molecule has 0 saturated carbocycles. The smallest absolute Gasteiger partial charge is 0.235 e. The molecule has 3 rings (SSSR count). The SMILES string of the molecule is Cc1cc(NC(=O)CSCC(=O)N2CCC3(CCNC3)CC2)no1.Cl. The lowest BCUT2D eigenvalue weighted by molar-refractivity contribution is -0.130. The van der Waals surface area contributed by atoms with E-state index in [1.807, 2.05) is 4.90 Å². The lowest BCUT2D eigenvalue weighted by Gasteiger charge is -2.38. The maximum atomic E-state index is 12.3. The Balaban J connectivity index is 0.00000225. The predicted octanol–water partition coefficient (Wildman–Crippen LogP) is 1.68. The van der Waals surface area contributed by atoms with Crippen LogP contribution in [0.25, 0.3) is 0 Å². The minimum absolute atomic E-state index is 0. The van der Waals surface area contributed by atoms with Crippen LogP contribution in [0.4, 0.5) is 5.82 Å². The van der Waals surface area contributed by atoms with Crippen molar-refractivity contribution in [3.8, 4) is 0 Å². The average molecular weight is 389 g/mol. The Hall–Kier alpha value is -1.25. The van der Waals surface area contributed by atoms with Gasteiger partial charge in [-0.1, -0.05) is 5.16 Å². The maximum Gasteiger partial charge on any atom is 0.235 e. The normalized spacial score (nSPS) is 18.8. The number of aryl methyl sites for hydroxylation is 1. The molecule has 2 N–H and O–H groups in total. The molecule has 9 heteroatoms. The molecule has 140 valence electrons. The first-order valence-electron chi connectivity index (χ1n) is 8.36. The van der Waals surface area contributed by atoms with Crippen LogP contribution in [0.1, 0.15) is 25.0 Å². The van der Waals surface area contributed by atoms with E-state index in [-0.39, 0.29) is 30.0 Å². The van der Waals surface area contributed by atoms with E-state index in [2.05, 4.69) is 15.8 Å². The van der Waals surface area contributed by atoms with E-state index in [0.29, 0.717) is 22.7 Å². The Labute approximate surface area is 158 Å². The summed E-state index contributed by atoms with van der Waals surface area (Å²) in [5.74, 6) is 1.60. The van der Waals surface area contributed by atoms with Gasteiger partial charge >= 0.3 is 0 Å². The summed E-state index contributed by atoms with van der Waals surface area (Å²) in [5, 5.41) is 9.79. The third kappa shape index (κ3) is 5.36. The minimum atomic E-state index is -0.171. The number of thioether (sulfide) groups is 1. The first-order chi connectivity index (χ1) is 11.6. The third-order valence-electron chi connectivity index (χ3n) is 4.86. The summed E-state index contributed by atoms with van der Waals surface area (Å²) in [6.45, 7) is 5.63. The number of likely N-dealkylation sites (tertiary alicyclic amines) is 1. The fourth-order valence-corrected chi connectivity index (χ4v) is 4.10. The number of nitrogens with zero attached hydrogens (tertiary/aromatic N) is 2. The van der Waals surface area contributed by atoms with Crippen molar-refractivity contribution in [1.29, 1.82) is 0 Å². The lowest BCUT2D eigenvalue weighted by Crippen LogP contribution is -2.44. The van der Waals surface area contributed by atoms with Crippen LogP contribution in [0, 0.1) is 12.3 Å². The van der Waals surface area contributed by atoms with Crippen molar-refractivity contribution in [2.75, 3.05) is 43.0 Å². The molecule has 2 aliphatic heterocycles. The number of rotatable bonds is 5. The molecule has 1 aromatic heterocycles. The molecule has 0 aliphatic carbocycles. The second kappa shape index (κ2) is 8.91. The summed E-state index contributed by atoms with van der Waals surface area (Å²) in [7, 11) is 0. The fourth-order valence-electron chi connectivity index (χ4n) is 3.38. The number of anilines is 1. The van der Waals surface area contributed by atoms with Crippen molar-refractivity contribution in [3.05, 3.63) is 11.8 Å². The van der Waals surface area contributed by atoms with Crippen LogP contribution in [0.2, 0.25) is 0 Å². The fraction of sp³-hybridized carbons (Fsp3) is 0.688. The van der Waals surface area contributed by atoms with E-state index < -0.39 is 0 Å². The summed E-state index contributed by atoms with van der Waals surface area (Å²) in [6.07, 6.45) is 3.40. The molecule has 3 heterocycles. The topological polar surface area (TPSA) is 87.5 Å². The number of hydrogen-bond donors (Lipinski definition) is 2. The van der Waals surface area contributed by atoms with Gasteiger partial charge in [-0.15, -0.1) is 24.2 Å². The van der Waals surface area contributed by atoms with Crippen LogP contribution in [-0.2, 0) is 9.59 Å². The molecule has 7 nitrogen and oxygen atoms in total. The van der Waals surface area contributed by atoms with Gasteiger partial charge in [0, 0.05) is 25.7 Å². The highest BCUT2D eigenvalue weighted by atomic mass is 35.5. The number of amides is 2. The van der Waals surface area contributed by atoms with Crippen LogP contribution in [0.3, 0.4) is 0 Å². The quantitative estimate of drug-likeness (QED) is 0.797. The van der Waals surface area contributed by atoms with Gasteiger partial charge in [0.15, 0.2) is 5.82 Å². The van der Waals surface area contributed by atoms with Crippen molar-refractivity contribution in [1.82, 2.24) is 15.4 Å². The Morgan fingerprint density at radius 1 is 1.36 bits per heavy atom. The third-order valence-corrected chi connectivity index (χ3v) is 5.78. The Bertz CT molecular complexity index is 594. The molecule has 25 heavy (non-hydrogen) atoms. The van der Waals surface area contributed by atoms with E-state index in [1.165, 1.54) is 18.2 Å². The number of piperidine rings is 1. The van der Waals surface area contributed by atoms with Crippen molar-refractivity contribution in [3.63, 3.8) is 0 Å². The zero-order valence-electron chi connectivity index (χ0n) is 14.4. The largest absolute Gasteiger partial charge is 0.360 e. The van der Waals surface area contributed by atoms with Crippen LogP contribution in [0.5, 0.6) is 0 Å². The molecule has 1 aromatic rings. The molecule has 0 atom stereocenters. The number of halogens is 1. The molecule has 2 amide bonds. The zero-order chi connectivity index (χ0) is 17.0. The molecule has 2 aliphatic rings. The number of aromatic nitrogens is 1.